The van der Waals surface area contributed by atoms with Gasteiger partial charge in [-0.05, 0) is 5.56 Å². The number of aromatic nitrogens is 1. The number of aromatic amines is 1. The van der Waals surface area contributed by atoms with E-state index >= 15 is 0 Å². The highest BCUT2D eigenvalue weighted by Gasteiger charge is 2.38. The Bertz CT molecular complexity index is 677. The van der Waals surface area contributed by atoms with Crippen LogP contribution < -0.4 is 4.87 Å². The van der Waals surface area contributed by atoms with Gasteiger partial charge >= 0.3 is 10.8 Å². The lowest BCUT2D eigenvalue weighted by Gasteiger charge is -2.28. The number of esters is 1. The molecular formula is C14H13NO3S2. The van der Waals surface area contributed by atoms with E-state index in [4.69, 9.17) is 4.74 Å². The molecule has 1 aromatic carbocycles. The van der Waals surface area contributed by atoms with Crippen LogP contribution in [0, 0.1) is 5.92 Å². The van der Waals surface area contributed by atoms with Crippen LogP contribution in [0.5, 0.6) is 0 Å². The molecule has 0 fully saturated rings. The molecule has 2 atom stereocenters. The van der Waals surface area contributed by atoms with Crippen LogP contribution in [0.1, 0.15) is 16.4 Å². The first-order valence-electron chi connectivity index (χ1n) is 6.19. The number of fused-ring (bicyclic) bond motifs is 1. The minimum Gasteiger partial charge on any atom is -0.469 e. The molecule has 0 saturated carbocycles. The van der Waals surface area contributed by atoms with E-state index in [0.717, 1.165) is 15.5 Å². The highest BCUT2D eigenvalue weighted by atomic mass is 32.2. The van der Waals surface area contributed by atoms with Crippen molar-refractivity contribution >= 4 is 29.1 Å². The number of H-pyrrole nitrogens is 1. The summed E-state index contributed by atoms with van der Waals surface area (Å²) in [5.74, 6) is 0.0272. The van der Waals surface area contributed by atoms with E-state index in [1.165, 1.54) is 30.2 Å². The second-order valence-corrected chi connectivity index (χ2v) is 6.58. The van der Waals surface area contributed by atoms with Crippen LogP contribution in [-0.4, -0.2) is 23.8 Å². The van der Waals surface area contributed by atoms with Gasteiger partial charge in [0.1, 0.15) is 0 Å². The zero-order valence-corrected chi connectivity index (χ0v) is 12.4. The predicted octanol–water partition coefficient (Wildman–Crippen LogP) is 2.46. The van der Waals surface area contributed by atoms with Gasteiger partial charge in [-0.3, -0.25) is 9.59 Å². The molecule has 0 radical (unpaired) electrons. The largest absolute Gasteiger partial charge is 0.469 e. The second-order valence-electron chi connectivity index (χ2n) is 4.54. The molecule has 0 amide bonds. The summed E-state index contributed by atoms with van der Waals surface area (Å²) in [6.07, 6.45) is 0. The van der Waals surface area contributed by atoms with Crippen LogP contribution in [0.25, 0.3) is 0 Å². The van der Waals surface area contributed by atoms with Gasteiger partial charge in [-0.2, -0.15) is 0 Å². The number of thioether (sulfide) groups is 1. The maximum absolute atomic E-state index is 12.0. The topological polar surface area (TPSA) is 59.2 Å². The van der Waals surface area contributed by atoms with Gasteiger partial charge in [0.05, 0.1) is 18.1 Å². The molecule has 6 heteroatoms. The van der Waals surface area contributed by atoms with Crippen LogP contribution in [0.3, 0.4) is 0 Å². The average Bonchev–Trinajstić information content (AvgIpc) is 2.86. The van der Waals surface area contributed by atoms with Crippen molar-refractivity contribution in [2.75, 3.05) is 12.9 Å². The summed E-state index contributed by atoms with van der Waals surface area (Å²) in [5, 5.41) is 0.883. The van der Waals surface area contributed by atoms with Gasteiger partial charge in [-0.25, -0.2) is 0 Å². The van der Waals surface area contributed by atoms with Gasteiger partial charge in [0, 0.05) is 16.5 Å². The molecule has 0 spiro atoms. The number of hydrogen-bond donors (Lipinski definition) is 1. The van der Waals surface area contributed by atoms with E-state index in [0.29, 0.717) is 5.75 Å². The number of ether oxygens (including phenoxy) is 1. The molecule has 0 bridgehead atoms. The molecule has 1 aliphatic rings. The fourth-order valence-corrected chi connectivity index (χ4v) is 4.89. The minimum atomic E-state index is -0.258. The van der Waals surface area contributed by atoms with E-state index in [2.05, 4.69) is 4.98 Å². The van der Waals surface area contributed by atoms with Gasteiger partial charge in [-0.1, -0.05) is 41.7 Å². The third-order valence-electron chi connectivity index (χ3n) is 3.40. The van der Waals surface area contributed by atoms with Gasteiger partial charge < -0.3 is 9.72 Å². The van der Waals surface area contributed by atoms with Gasteiger partial charge in [0.2, 0.25) is 0 Å². The molecule has 104 valence electrons. The SMILES string of the molecule is COC(=O)[C@H]1CSc2[nH]c(=O)sc2[C@H]1c1ccccc1. The molecule has 0 unspecified atom stereocenters. The zero-order chi connectivity index (χ0) is 14.1. The van der Waals surface area contributed by atoms with Gasteiger partial charge in [0.15, 0.2) is 0 Å². The van der Waals surface area contributed by atoms with Crippen LogP contribution in [0.4, 0.5) is 0 Å². The number of nitrogens with one attached hydrogen (secondary N) is 1. The van der Waals surface area contributed by atoms with Crippen molar-refractivity contribution in [2.24, 2.45) is 5.92 Å². The maximum Gasteiger partial charge on any atom is 0.310 e. The number of benzene rings is 1. The van der Waals surface area contributed by atoms with Crippen molar-refractivity contribution in [2.45, 2.75) is 10.9 Å². The minimum absolute atomic E-state index is 0.0750. The number of carbonyl (C=O) groups excluding carboxylic acids is 1. The molecule has 20 heavy (non-hydrogen) atoms. The number of methoxy groups -OCH3 is 1. The standard InChI is InChI=1S/C14H13NO3S2/c1-18-13(16)9-7-19-12-11(20-14(17)15-12)10(9)8-5-3-2-4-6-8/h2-6,9-10H,7H2,1H3,(H,15,17)/t9-,10-/m0/s1. The van der Waals surface area contributed by atoms with Crippen molar-refractivity contribution < 1.29 is 9.53 Å². The number of carbonyl (C=O) groups is 1. The Balaban J connectivity index is 2.12. The normalized spacial score (nSPS) is 21.2. The first kappa shape index (κ1) is 13.5. The molecular weight excluding hydrogens is 294 g/mol. The summed E-state index contributed by atoms with van der Waals surface area (Å²) in [6, 6.07) is 9.81. The van der Waals surface area contributed by atoms with Crippen LogP contribution in [-0.2, 0) is 9.53 Å². The first-order valence-corrected chi connectivity index (χ1v) is 7.99. The molecule has 1 N–H and O–H groups in total. The first-order chi connectivity index (χ1) is 9.70. The monoisotopic (exact) mass is 307 g/mol. The van der Waals surface area contributed by atoms with Crippen molar-refractivity contribution in [3.63, 3.8) is 0 Å². The number of thiazole rings is 1. The fraction of sp³-hybridized carbons (Fsp3) is 0.286. The third kappa shape index (κ3) is 2.29. The van der Waals surface area contributed by atoms with Crippen molar-refractivity contribution in [1.82, 2.24) is 4.98 Å². The average molecular weight is 307 g/mol. The number of rotatable bonds is 2. The summed E-state index contributed by atoms with van der Waals surface area (Å²) in [4.78, 5) is 27.4. The lowest BCUT2D eigenvalue weighted by atomic mass is 9.86. The molecule has 1 aliphatic heterocycles. The van der Waals surface area contributed by atoms with Crippen molar-refractivity contribution in [3.8, 4) is 0 Å². The zero-order valence-electron chi connectivity index (χ0n) is 10.8. The van der Waals surface area contributed by atoms with Gasteiger partial charge in [-0.15, -0.1) is 11.8 Å². The van der Waals surface area contributed by atoms with E-state index < -0.39 is 0 Å². The van der Waals surface area contributed by atoms with E-state index in [1.807, 2.05) is 30.3 Å². The maximum atomic E-state index is 12.0. The quantitative estimate of drug-likeness (QED) is 0.866. The molecule has 4 nitrogen and oxygen atoms in total. The Labute approximate surface area is 124 Å². The fourth-order valence-electron chi connectivity index (χ4n) is 2.49. The summed E-state index contributed by atoms with van der Waals surface area (Å²) in [5.41, 5.74) is 1.04. The summed E-state index contributed by atoms with van der Waals surface area (Å²) in [7, 11) is 1.41. The van der Waals surface area contributed by atoms with Crippen LogP contribution in [0.2, 0.25) is 0 Å². The Hall–Kier alpha value is -1.53. The Morgan fingerprint density at radius 2 is 2.10 bits per heavy atom. The van der Waals surface area contributed by atoms with E-state index in [-0.39, 0.29) is 22.7 Å². The second kappa shape index (κ2) is 5.46. The summed E-state index contributed by atoms with van der Waals surface area (Å²) < 4.78 is 4.93. The highest BCUT2D eigenvalue weighted by Crippen LogP contribution is 2.45. The summed E-state index contributed by atoms with van der Waals surface area (Å²) >= 11 is 2.70. The number of hydrogen-bond acceptors (Lipinski definition) is 5. The molecule has 3 rings (SSSR count). The molecule has 2 heterocycles. The Morgan fingerprint density at radius 3 is 2.80 bits per heavy atom. The molecule has 0 aliphatic carbocycles. The van der Waals surface area contributed by atoms with Crippen molar-refractivity contribution in [1.29, 1.82) is 0 Å². The van der Waals surface area contributed by atoms with E-state index in [1.54, 1.807) is 0 Å². The van der Waals surface area contributed by atoms with Crippen molar-refractivity contribution in [3.05, 3.63) is 50.4 Å². The lowest BCUT2D eigenvalue weighted by Crippen LogP contribution is -2.29. The Morgan fingerprint density at radius 1 is 1.35 bits per heavy atom. The lowest BCUT2D eigenvalue weighted by molar-refractivity contribution is -0.145. The smallest absolute Gasteiger partial charge is 0.310 e. The molecule has 1 aromatic heterocycles. The highest BCUT2D eigenvalue weighted by molar-refractivity contribution is 7.99. The predicted molar refractivity (Wildman–Crippen MR) is 79.5 cm³/mol. The third-order valence-corrected chi connectivity index (χ3v) is 5.63. The van der Waals surface area contributed by atoms with Crippen LogP contribution in [0.15, 0.2) is 40.2 Å². The molecule has 2 aromatic rings. The van der Waals surface area contributed by atoms with E-state index in [9.17, 15) is 9.59 Å². The molecule has 0 saturated heterocycles. The Kier molecular flexibility index (Phi) is 3.67. The van der Waals surface area contributed by atoms with Gasteiger partial charge in [0.25, 0.3) is 0 Å². The summed E-state index contributed by atoms with van der Waals surface area (Å²) in [6.45, 7) is 0. The van der Waals surface area contributed by atoms with Crippen LogP contribution >= 0.6 is 23.1 Å².